The Morgan fingerprint density at radius 1 is 1.17 bits per heavy atom. The zero-order chi connectivity index (χ0) is 12.5. The molecule has 3 aromatic rings. The largest absolute Gasteiger partial charge is 0.507 e. The Balaban J connectivity index is 2.14. The van der Waals surface area contributed by atoms with Crippen LogP contribution in [0.1, 0.15) is 0 Å². The number of phenolic OH excluding ortho intramolecular Hbond substituents is 1. The Labute approximate surface area is 104 Å². The van der Waals surface area contributed by atoms with Gasteiger partial charge >= 0.3 is 0 Å². The number of nitrogens with zero attached hydrogens (tertiary/aromatic N) is 1. The van der Waals surface area contributed by atoms with Gasteiger partial charge in [0.15, 0.2) is 5.58 Å². The summed E-state index contributed by atoms with van der Waals surface area (Å²) in [7, 11) is 1.80. The highest BCUT2D eigenvalue weighted by Crippen LogP contribution is 2.32. The van der Waals surface area contributed by atoms with Crippen LogP contribution in [0.2, 0.25) is 0 Å². The minimum atomic E-state index is 0.147. The molecule has 2 aromatic carbocycles. The van der Waals surface area contributed by atoms with E-state index >= 15 is 0 Å². The summed E-state index contributed by atoms with van der Waals surface area (Å²) in [5.74, 6) is 0.574. The van der Waals surface area contributed by atoms with E-state index in [9.17, 15) is 5.11 Å². The third kappa shape index (κ3) is 1.68. The van der Waals surface area contributed by atoms with E-state index in [1.165, 1.54) is 0 Å². The highest BCUT2D eigenvalue weighted by atomic mass is 16.3. The van der Waals surface area contributed by atoms with E-state index in [-0.39, 0.29) is 5.75 Å². The average Bonchev–Trinajstić information content (AvgIpc) is 2.81. The molecule has 0 spiro atoms. The summed E-state index contributed by atoms with van der Waals surface area (Å²) in [4.78, 5) is 4.35. The van der Waals surface area contributed by atoms with Crippen LogP contribution in [0.3, 0.4) is 0 Å². The fraction of sp³-hybridized carbons (Fsp3) is 0.0714. The summed E-state index contributed by atoms with van der Waals surface area (Å²) in [5.41, 5.74) is 2.92. The van der Waals surface area contributed by atoms with Crippen molar-refractivity contribution in [2.75, 3.05) is 12.4 Å². The van der Waals surface area contributed by atoms with E-state index in [4.69, 9.17) is 4.42 Å². The first-order valence-electron chi connectivity index (χ1n) is 5.64. The molecule has 90 valence electrons. The lowest BCUT2D eigenvalue weighted by Crippen LogP contribution is -1.88. The molecule has 0 atom stereocenters. The molecular weight excluding hydrogens is 228 g/mol. The number of aromatic nitrogens is 1. The van der Waals surface area contributed by atoms with Gasteiger partial charge in [0.25, 0.3) is 0 Å². The Hall–Kier alpha value is -2.49. The highest BCUT2D eigenvalue weighted by Gasteiger charge is 2.12. The zero-order valence-corrected chi connectivity index (χ0v) is 9.84. The molecule has 0 saturated carbocycles. The number of anilines is 1. The molecule has 0 saturated heterocycles. The molecular formula is C14H12N2O2. The maximum absolute atomic E-state index is 9.96. The van der Waals surface area contributed by atoms with Crippen molar-refractivity contribution in [1.29, 1.82) is 0 Å². The zero-order valence-electron chi connectivity index (χ0n) is 9.84. The van der Waals surface area contributed by atoms with Crippen molar-refractivity contribution in [3.05, 3.63) is 42.5 Å². The SMILES string of the molecule is CNc1ccc(-c2nc3ccccc3o2)c(O)c1. The van der Waals surface area contributed by atoms with E-state index in [1.807, 2.05) is 30.3 Å². The van der Waals surface area contributed by atoms with Crippen LogP contribution in [0.25, 0.3) is 22.6 Å². The predicted octanol–water partition coefficient (Wildman–Crippen LogP) is 3.24. The number of phenols is 1. The van der Waals surface area contributed by atoms with Crippen LogP contribution < -0.4 is 5.32 Å². The van der Waals surface area contributed by atoms with E-state index < -0.39 is 0 Å². The topological polar surface area (TPSA) is 58.3 Å². The number of fused-ring (bicyclic) bond motifs is 1. The first-order valence-corrected chi connectivity index (χ1v) is 5.64. The van der Waals surface area contributed by atoms with Gasteiger partial charge in [-0.2, -0.15) is 0 Å². The van der Waals surface area contributed by atoms with Gasteiger partial charge in [0.1, 0.15) is 11.3 Å². The lowest BCUT2D eigenvalue weighted by atomic mass is 10.2. The molecule has 0 aliphatic rings. The molecule has 0 fully saturated rings. The third-order valence-corrected chi connectivity index (χ3v) is 2.81. The second-order valence-corrected chi connectivity index (χ2v) is 3.97. The maximum atomic E-state index is 9.96. The van der Waals surface area contributed by atoms with E-state index in [0.717, 1.165) is 11.2 Å². The Kier molecular flexibility index (Phi) is 2.41. The first kappa shape index (κ1) is 10.7. The standard InChI is InChI=1S/C14H12N2O2/c1-15-9-6-7-10(12(17)8-9)14-16-11-4-2-3-5-13(11)18-14/h2-8,15,17H,1H3. The van der Waals surface area contributed by atoms with Crippen molar-refractivity contribution in [3.8, 4) is 17.2 Å². The number of rotatable bonds is 2. The number of para-hydroxylation sites is 2. The quantitative estimate of drug-likeness (QED) is 0.722. The fourth-order valence-electron chi connectivity index (χ4n) is 1.86. The molecule has 2 N–H and O–H groups in total. The maximum Gasteiger partial charge on any atom is 0.231 e. The first-order chi connectivity index (χ1) is 8.78. The number of hydrogen-bond acceptors (Lipinski definition) is 4. The fourth-order valence-corrected chi connectivity index (χ4v) is 1.86. The van der Waals surface area contributed by atoms with Gasteiger partial charge < -0.3 is 14.8 Å². The minimum Gasteiger partial charge on any atom is -0.507 e. The van der Waals surface area contributed by atoms with E-state index in [0.29, 0.717) is 17.0 Å². The second-order valence-electron chi connectivity index (χ2n) is 3.97. The number of hydrogen-bond donors (Lipinski definition) is 2. The molecule has 0 radical (unpaired) electrons. The minimum absolute atomic E-state index is 0.147. The van der Waals surface area contributed by atoms with Gasteiger partial charge in [-0.15, -0.1) is 0 Å². The van der Waals surface area contributed by atoms with E-state index in [1.54, 1.807) is 19.2 Å². The lowest BCUT2D eigenvalue weighted by molar-refractivity contribution is 0.474. The van der Waals surface area contributed by atoms with Crippen LogP contribution in [0, 0.1) is 0 Å². The van der Waals surface area contributed by atoms with Crippen molar-refractivity contribution in [2.45, 2.75) is 0 Å². The Morgan fingerprint density at radius 2 is 2.00 bits per heavy atom. The van der Waals surface area contributed by atoms with Crippen molar-refractivity contribution >= 4 is 16.8 Å². The Bertz CT molecular complexity index is 671. The molecule has 0 bridgehead atoms. The lowest BCUT2D eigenvalue weighted by Gasteiger charge is -2.03. The van der Waals surface area contributed by atoms with Crippen LogP contribution in [0.5, 0.6) is 5.75 Å². The molecule has 4 nitrogen and oxygen atoms in total. The summed E-state index contributed by atoms with van der Waals surface area (Å²) in [5, 5.41) is 12.9. The second kappa shape index (κ2) is 4.07. The molecule has 1 aromatic heterocycles. The highest BCUT2D eigenvalue weighted by molar-refractivity contribution is 5.78. The monoisotopic (exact) mass is 240 g/mol. The van der Waals surface area contributed by atoms with Crippen LogP contribution >= 0.6 is 0 Å². The molecule has 0 amide bonds. The van der Waals surface area contributed by atoms with Gasteiger partial charge in [0, 0.05) is 18.8 Å². The number of oxazole rings is 1. The third-order valence-electron chi connectivity index (χ3n) is 2.81. The average molecular weight is 240 g/mol. The van der Waals surface area contributed by atoms with Crippen molar-refractivity contribution in [3.63, 3.8) is 0 Å². The summed E-state index contributed by atoms with van der Waals surface area (Å²) >= 11 is 0. The van der Waals surface area contributed by atoms with E-state index in [2.05, 4.69) is 10.3 Å². The van der Waals surface area contributed by atoms with Crippen molar-refractivity contribution in [1.82, 2.24) is 4.98 Å². The van der Waals surface area contributed by atoms with Gasteiger partial charge in [0.05, 0.1) is 5.56 Å². The van der Waals surface area contributed by atoms with Crippen LogP contribution in [-0.2, 0) is 0 Å². The number of benzene rings is 2. The molecule has 3 rings (SSSR count). The molecule has 0 aliphatic carbocycles. The Morgan fingerprint density at radius 3 is 2.72 bits per heavy atom. The van der Waals surface area contributed by atoms with Crippen LogP contribution in [-0.4, -0.2) is 17.1 Å². The summed E-state index contributed by atoms with van der Waals surface area (Å²) in [6.45, 7) is 0. The molecule has 0 unspecified atom stereocenters. The summed E-state index contributed by atoms with van der Waals surface area (Å²) in [6.07, 6.45) is 0. The summed E-state index contributed by atoms with van der Waals surface area (Å²) < 4.78 is 5.62. The molecule has 4 heteroatoms. The van der Waals surface area contributed by atoms with Crippen LogP contribution in [0.15, 0.2) is 46.9 Å². The number of aromatic hydroxyl groups is 1. The normalized spacial score (nSPS) is 10.7. The molecule has 0 aliphatic heterocycles. The van der Waals surface area contributed by atoms with Gasteiger partial charge in [0.2, 0.25) is 5.89 Å². The number of nitrogens with one attached hydrogen (secondary N) is 1. The summed E-state index contributed by atoms with van der Waals surface area (Å²) in [6, 6.07) is 12.8. The molecule has 1 heterocycles. The van der Waals surface area contributed by atoms with Gasteiger partial charge in [-0.05, 0) is 24.3 Å². The van der Waals surface area contributed by atoms with Gasteiger partial charge in [-0.3, -0.25) is 0 Å². The van der Waals surface area contributed by atoms with Gasteiger partial charge in [-0.1, -0.05) is 12.1 Å². The molecule has 18 heavy (non-hydrogen) atoms. The van der Waals surface area contributed by atoms with Crippen molar-refractivity contribution < 1.29 is 9.52 Å². The van der Waals surface area contributed by atoms with Crippen LogP contribution in [0.4, 0.5) is 5.69 Å². The van der Waals surface area contributed by atoms with Gasteiger partial charge in [-0.25, -0.2) is 4.98 Å². The predicted molar refractivity (Wildman–Crippen MR) is 70.7 cm³/mol. The van der Waals surface area contributed by atoms with Crippen molar-refractivity contribution in [2.24, 2.45) is 0 Å². The smallest absolute Gasteiger partial charge is 0.231 e.